The van der Waals surface area contributed by atoms with Gasteiger partial charge in [-0.25, -0.2) is 0 Å². The molecule has 1 saturated carbocycles. The average molecular weight is 396 g/mol. The molecule has 29 heavy (non-hydrogen) atoms. The van der Waals surface area contributed by atoms with E-state index in [1.54, 1.807) is 0 Å². The highest BCUT2D eigenvalue weighted by atomic mass is 16.5. The smallest absolute Gasteiger partial charge is 0.126 e. The average Bonchev–Trinajstić information content (AvgIpc) is 3.43. The third-order valence-corrected chi connectivity index (χ3v) is 5.65. The molecule has 1 unspecified atom stereocenters. The quantitative estimate of drug-likeness (QED) is 0.479. The molecule has 1 heterocycles. The fourth-order valence-electron chi connectivity index (χ4n) is 3.79. The van der Waals surface area contributed by atoms with E-state index in [9.17, 15) is 5.11 Å². The van der Waals surface area contributed by atoms with E-state index in [-0.39, 0.29) is 12.0 Å². The normalized spacial score (nSPS) is 16.4. The zero-order chi connectivity index (χ0) is 20.9. The van der Waals surface area contributed by atoms with Crippen LogP contribution in [0.3, 0.4) is 0 Å². The number of hydrogen-bond donors (Lipinski definition) is 2. The summed E-state index contributed by atoms with van der Waals surface area (Å²) in [4.78, 5) is 1.44. The number of benzene rings is 1. The molecule has 0 saturated heterocycles. The number of rotatable bonds is 10. The first-order chi connectivity index (χ1) is 13.9. The number of hydrogen-bond acceptors (Lipinski definition) is 2. The van der Waals surface area contributed by atoms with Gasteiger partial charge in [-0.05, 0) is 28.7 Å². The van der Waals surface area contributed by atoms with Gasteiger partial charge in [-0.1, -0.05) is 51.0 Å². The lowest BCUT2D eigenvalue weighted by Crippen LogP contribution is -3.13. The van der Waals surface area contributed by atoms with E-state index in [2.05, 4.69) is 73.9 Å². The van der Waals surface area contributed by atoms with Crippen molar-refractivity contribution < 1.29 is 14.7 Å². The van der Waals surface area contributed by atoms with Crippen molar-refractivity contribution in [1.29, 1.82) is 0 Å². The summed E-state index contributed by atoms with van der Waals surface area (Å²) in [6, 6.07) is 13.9. The second kappa shape index (κ2) is 9.63. The van der Waals surface area contributed by atoms with E-state index in [0.717, 1.165) is 13.1 Å². The third-order valence-electron chi connectivity index (χ3n) is 5.65. The Morgan fingerprint density at radius 2 is 1.97 bits per heavy atom. The molecule has 0 radical (unpaired) electrons. The van der Waals surface area contributed by atoms with Crippen LogP contribution in [0.1, 0.15) is 50.4 Å². The van der Waals surface area contributed by atoms with Crippen LogP contribution in [0, 0.1) is 12.3 Å². The molecular weight excluding hydrogens is 360 g/mol. The molecule has 4 heteroatoms. The minimum Gasteiger partial charge on any atom is -0.385 e. The monoisotopic (exact) mass is 395 g/mol. The molecule has 0 aliphatic heterocycles. The first kappa shape index (κ1) is 21.6. The Morgan fingerprint density at radius 1 is 1.24 bits per heavy atom. The third kappa shape index (κ3) is 6.47. The summed E-state index contributed by atoms with van der Waals surface area (Å²) in [6.45, 7) is 9.78. The molecule has 1 aliphatic rings. The molecule has 1 aromatic carbocycles. The maximum absolute atomic E-state index is 10.3. The molecule has 2 aromatic rings. The molecule has 0 bridgehead atoms. The number of aliphatic hydroxyl groups excluding tert-OH is 1. The molecule has 0 amide bonds. The predicted octanol–water partition coefficient (Wildman–Crippen LogP) is 2.39. The standard InChI is InChI=1S/C25H34N2O2/c1-5-15-29-19-24(28)18-27(22-12-13-22)17-23-7-6-14-26(23)16-20-8-10-21(11-9-20)25(2,3)4/h1,6-11,14,22,24,28H,12-13,15-19H2,2-4H3/p+1/t24-/m0/s1. The molecule has 1 aromatic heterocycles. The summed E-state index contributed by atoms with van der Waals surface area (Å²) in [7, 11) is 0. The van der Waals surface area contributed by atoms with Gasteiger partial charge >= 0.3 is 0 Å². The van der Waals surface area contributed by atoms with Gasteiger partial charge in [-0.3, -0.25) is 0 Å². The predicted molar refractivity (Wildman–Crippen MR) is 117 cm³/mol. The van der Waals surface area contributed by atoms with Crippen molar-refractivity contribution in [2.75, 3.05) is 19.8 Å². The first-order valence-electron chi connectivity index (χ1n) is 10.6. The second-order valence-electron chi connectivity index (χ2n) is 9.26. The van der Waals surface area contributed by atoms with Crippen molar-refractivity contribution in [3.63, 3.8) is 0 Å². The van der Waals surface area contributed by atoms with E-state index in [1.165, 1.54) is 34.6 Å². The van der Waals surface area contributed by atoms with Gasteiger partial charge in [0.05, 0.1) is 18.3 Å². The zero-order valence-electron chi connectivity index (χ0n) is 18.0. The van der Waals surface area contributed by atoms with E-state index in [4.69, 9.17) is 11.2 Å². The lowest BCUT2D eigenvalue weighted by Gasteiger charge is -2.23. The Kier molecular flexibility index (Phi) is 7.18. The Hall–Kier alpha value is -2.06. The van der Waals surface area contributed by atoms with E-state index in [0.29, 0.717) is 19.2 Å². The molecule has 3 rings (SSSR count). The van der Waals surface area contributed by atoms with Crippen LogP contribution in [0.2, 0.25) is 0 Å². The van der Waals surface area contributed by atoms with Gasteiger partial charge in [0.1, 0.15) is 25.8 Å². The van der Waals surface area contributed by atoms with Crippen molar-refractivity contribution in [1.82, 2.24) is 4.57 Å². The molecule has 1 fully saturated rings. The van der Waals surface area contributed by atoms with Crippen molar-refractivity contribution in [2.24, 2.45) is 0 Å². The molecule has 4 nitrogen and oxygen atoms in total. The highest BCUT2D eigenvalue weighted by Gasteiger charge is 2.35. The van der Waals surface area contributed by atoms with Gasteiger partial charge in [-0.2, -0.15) is 0 Å². The van der Waals surface area contributed by atoms with Gasteiger partial charge in [0.25, 0.3) is 0 Å². The number of nitrogens with one attached hydrogen (secondary N) is 1. The topological polar surface area (TPSA) is 38.8 Å². The largest absolute Gasteiger partial charge is 0.385 e. The highest BCUT2D eigenvalue weighted by molar-refractivity contribution is 5.28. The summed E-state index contributed by atoms with van der Waals surface area (Å²) in [5, 5.41) is 10.3. The minimum absolute atomic E-state index is 0.177. The molecule has 1 aliphatic carbocycles. The Balaban J connectivity index is 1.62. The maximum Gasteiger partial charge on any atom is 0.126 e. The van der Waals surface area contributed by atoms with E-state index in [1.807, 2.05) is 0 Å². The van der Waals surface area contributed by atoms with Crippen LogP contribution in [0.15, 0.2) is 42.6 Å². The van der Waals surface area contributed by atoms with Crippen LogP contribution in [-0.4, -0.2) is 41.6 Å². The fourth-order valence-corrected chi connectivity index (χ4v) is 3.79. The lowest BCUT2D eigenvalue weighted by molar-refractivity contribution is -0.928. The fraction of sp³-hybridized carbons (Fsp3) is 0.520. The molecule has 0 spiro atoms. The first-order valence-corrected chi connectivity index (χ1v) is 10.6. The summed E-state index contributed by atoms with van der Waals surface area (Å²) in [5.74, 6) is 2.45. The van der Waals surface area contributed by atoms with Gasteiger partial charge < -0.3 is 19.3 Å². The minimum atomic E-state index is -0.479. The van der Waals surface area contributed by atoms with Crippen LogP contribution in [0.25, 0.3) is 0 Å². The van der Waals surface area contributed by atoms with Crippen molar-refractivity contribution in [3.05, 3.63) is 59.4 Å². The maximum atomic E-state index is 10.3. The highest BCUT2D eigenvalue weighted by Crippen LogP contribution is 2.22. The number of aliphatic hydroxyl groups is 1. The number of terminal acetylenes is 1. The van der Waals surface area contributed by atoms with Crippen molar-refractivity contribution in [3.8, 4) is 12.3 Å². The molecule has 2 atom stereocenters. The Morgan fingerprint density at radius 3 is 2.59 bits per heavy atom. The summed E-state index contributed by atoms with van der Waals surface area (Å²) < 4.78 is 7.64. The van der Waals surface area contributed by atoms with Gasteiger partial charge in [0.2, 0.25) is 0 Å². The Bertz CT molecular complexity index is 807. The van der Waals surface area contributed by atoms with Gasteiger partial charge in [-0.15, -0.1) is 6.42 Å². The lowest BCUT2D eigenvalue weighted by atomic mass is 9.87. The van der Waals surface area contributed by atoms with E-state index < -0.39 is 6.10 Å². The molecule has 156 valence electrons. The number of aromatic nitrogens is 1. The van der Waals surface area contributed by atoms with Crippen LogP contribution in [0.4, 0.5) is 0 Å². The number of nitrogens with zero attached hydrogens (tertiary/aromatic N) is 1. The van der Waals surface area contributed by atoms with Crippen LogP contribution in [-0.2, 0) is 23.2 Å². The number of ether oxygens (including phenoxy) is 1. The van der Waals surface area contributed by atoms with Crippen molar-refractivity contribution >= 4 is 0 Å². The van der Waals surface area contributed by atoms with Crippen molar-refractivity contribution in [2.45, 2.75) is 64.3 Å². The molecule has 2 N–H and O–H groups in total. The summed E-state index contributed by atoms with van der Waals surface area (Å²) in [6.07, 6.45) is 9.36. The second-order valence-corrected chi connectivity index (χ2v) is 9.26. The molecular formula is C25H35N2O2+. The van der Waals surface area contributed by atoms with Gasteiger partial charge in [0, 0.05) is 25.6 Å². The number of quaternary nitrogens is 1. The SMILES string of the molecule is C#CCOC[C@@H](O)C[NH+](Cc1cccn1Cc1ccc(C(C)(C)C)cc1)C1CC1. The Labute approximate surface area is 175 Å². The summed E-state index contributed by atoms with van der Waals surface area (Å²) >= 11 is 0. The van der Waals surface area contributed by atoms with Gasteiger partial charge in [0.15, 0.2) is 0 Å². The van der Waals surface area contributed by atoms with Crippen LogP contribution >= 0.6 is 0 Å². The summed E-state index contributed by atoms with van der Waals surface area (Å²) in [5.41, 5.74) is 4.16. The van der Waals surface area contributed by atoms with E-state index >= 15 is 0 Å². The van der Waals surface area contributed by atoms with Crippen LogP contribution < -0.4 is 4.90 Å². The zero-order valence-corrected chi connectivity index (χ0v) is 18.0. The van der Waals surface area contributed by atoms with Crippen LogP contribution in [0.5, 0.6) is 0 Å².